The normalized spacial score (nSPS) is 21.3. The van der Waals surface area contributed by atoms with Crippen molar-refractivity contribution in [2.24, 2.45) is 0 Å². The fraction of sp³-hybridized carbons (Fsp3) is 0.571. The summed E-state index contributed by atoms with van der Waals surface area (Å²) in [6.07, 6.45) is 1.11. The standard InChI is InChI=1S/C14H19NO4/c1-13(2)14(3,4)19-12(18-13)9-6-7-10(15-8-9)11(16)17-5/h6-8,12H,1-5H3. The number of pyridine rings is 1. The summed E-state index contributed by atoms with van der Waals surface area (Å²) in [5.74, 6) is -0.458. The number of hydrogen-bond acceptors (Lipinski definition) is 5. The van der Waals surface area contributed by atoms with Crippen LogP contribution < -0.4 is 0 Å². The van der Waals surface area contributed by atoms with Crippen molar-refractivity contribution in [3.63, 3.8) is 0 Å². The molecule has 2 heterocycles. The summed E-state index contributed by atoms with van der Waals surface area (Å²) in [6, 6.07) is 3.37. The van der Waals surface area contributed by atoms with Crippen LogP contribution in [0.15, 0.2) is 18.3 Å². The van der Waals surface area contributed by atoms with Crippen molar-refractivity contribution in [1.82, 2.24) is 4.98 Å². The first-order chi connectivity index (χ1) is 8.77. The van der Waals surface area contributed by atoms with E-state index in [1.807, 2.05) is 27.7 Å². The van der Waals surface area contributed by atoms with E-state index in [0.717, 1.165) is 5.56 Å². The summed E-state index contributed by atoms with van der Waals surface area (Å²) < 4.78 is 16.4. The summed E-state index contributed by atoms with van der Waals surface area (Å²) in [5, 5.41) is 0. The Morgan fingerprint density at radius 2 is 1.79 bits per heavy atom. The molecule has 2 rings (SSSR count). The highest BCUT2D eigenvalue weighted by atomic mass is 16.7. The molecule has 0 spiro atoms. The maximum atomic E-state index is 11.3. The lowest BCUT2D eigenvalue weighted by molar-refractivity contribution is -0.0897. The van der Waals surface area contributed by atoms with E-state index in [4.69, 9.17) is 9.47 Å². The SMILES string of the molecule is COC(=O)c1ccc(C2OC(C)(C)C(C)(C)O2)cn1. The number of ether oxygens (including phenoxy) is 3. The Labute approximate surface area is 112 Å². The molecule has 0 atom stereocenters. The summed E-state index contributed by atoms with van der Waals surface area (Å²) in [6.45, 7) is 7.96. The predicted molar refractivity (Wildman–Crippen MR) is 68.6 cm³/mol. The molecule has 5 nitrogen and oxygen atoms in total. The van der Waals surface area contributed by atoms with Gasteiger partial charge in [-0.1, -0.05) is 0 Å². The molecule has 1 aliphatic heterocycles. The largest absolute Gasteiger partial charge is 0.464 e. The van der Waals surface area contributed by atoms with Gasteiger partial charge in [-0.2, -0.15) is 0 Å². The first kappa shape index (κ1) is 14.0. The molecule has 0 N–H and O–H groups in total. The van der Waals surface area contributed by atoms with Crippen molar-refractivity contribution in [3.05, 3.63) is 29.6 Å². The van der Waals surface area contributed by atoms with E-state index >= 15 is 0 Å². The Balaban J connectivity index is 2.19. The lowest BCUT2D eigenvalue weighted by Gasteiger charge is -2.30. The maximum Gasteiger partial charge on any atom is 0.356 e. The lowest BCUT2D eigenvalue weighted by atomic mass is 9.90. The number of hydrogen-bond donors (Lipinski definition) is 0. The fourth-order valence-corrected chi connectivity index (χ4v) is 1.75. The first-order valence-electron chi connectivity index (χ1n) is 6.17. The molecule has 104 valence electrons. The molecule has 1 saturated heterocycles. The van der Waals surface area contributed by atoms with Gasteiger partial charge < -0.3 is 14.2 Å². The summed E-state index contributed by atoms with van der Waals surface area (Å²) >= 11 is 0. The van der Waals surface area contributed by atoms with Crippen LogP contribution in [0.3, 0.4) is 0 Å². The molecule has 0 unspecified atom stereocenters. The third kappa shape index (κ3) is 2.48. The third-order valence-corrected chi connectivity index (χ3v) is 3.71. The van der Waals surface area contributed by atoms with Crippen LogP contribution in [0.4, 0.5) is 0 Å². The van der Waals surface area contributed by atoms with Crippen molar-refractivity contribution in [2.75, 3.05) is 7.11 Å². The quantitative estimate of drug-likeness (QED) is 0.769. The highest BCUT2D eigenvalue weighted by molar-refractivity contribution is 5.86. The van der Waals surface area contributed by atoms with Gasteiger partial charge in [0.2, 0.25) is 0 Å². The maximum absolute atomic E-state index is 11.3. The minimum Gasteiger partial charge on any atom is -0.464 e. The van der Waals surface area contributed by atoms with Gasteiger partial charge in [-0.05, 0) is 39.8 Å². The van der Waals surface area contributed by atoms with Crippen LogP contribution in [-0.4, -0.2) is 29.3 Å². The van der Waals surface area contributed by atoms with Gasteiger partial charge in [-0.25, -0.2) is 9.78 Å². The monoisotopic (exact) mass is 265 g/mol. The number of methoxy groups -OCH3 is 1. The second-order valence-corrected chi connectivity index (χ2v) is 5.56. The van der Waals surface area contributed by atoms with Crippen LogP contribution >= 0.6 is 0 Å². The Kier molecular flexibility index (Phi) is 3.36. The molecule has 1 aromatic heterocycles. The van der Waals surface area contributed by atoms with Crippen molar-refractivity contribution in [1.29, 1.82) is 0 Å². The van der Waals surface area contributed by atoms with E-state index < -0.39 is 23.5 Å². The zero-order valence-corrected chi connectivity index (χ0v) is 11.9. The van der Waals surface area contributed by atoms with Gasteiger partial charge in [0, 0.05) is 11.8 Å². The van der Waals surface area contributed by atoms with Gasteiger partial charge in [0.05, 0.1) is 18.3 Å². The highest BCUT2D eigenvalue weighted by Gasteiger charge is 2.49. The molecule has 1 fully saturated rings. The second-order valence-electron chi connectivity index (χ2n) is 5.56. The Hall–Kier alpha value is -1.46. The van der Waals surface area contributed by atoms with Gasteiger partial charge in [0.15, 0.2) is 6.29 Å². The van der Waals surface area contributed by atoms with Gasteiger partial charge in [0.1, 0.15) is 5.69 Å². The van der Waals surface area contributed by atoms with Crippen LogP contribution in [0.2, 0.25) is 0 Å². The summed E-state index contributed by atoms with van der Waals surface area (Å²) in [4.78, 5) is 15.4. The van der Waals surface area contributed by atoms with Crippen LogP contribution in [-0.2, 0) is 14.2 Å². The number of esters is 1. The van der Waals surface area contributed by atoms with Crippen LogP contribution in [0.5, 0.6) is 0 Å². The Morgan fingerprint density at radius 3 is 2.21 bits per heavy atom. The number of rotatable bonds is 2. The smallest absolute Gasteiger partial charge is 0.356 e. The molecule has 0 bridgehead atoms. The lowest BCUT2D eigenvalue weighted by Crippen LogP contribution is -2.41. The van der Waals surface area contributed by atoms with E-state index in [1.54, 1.807) is 18.3 Å². The molecule has 0 saturated carbocycles. The van der Waals surface area contributed by atoms with Gasteiger partial charge in [-0.15, -0.1) is 0 Å². The molecule has 0 amide bonds. The first-order valence-corrected chi connectivity index (χ1v) is 6.17. The minimum atomic E-state index is -0.468. The van der Waals surface area contributed by atoms with E-state index in [2.05, 4.69) is 9.72 Å². The Morgan fingerprint density at radius 1 is 1.21 bits per heavy atom. The highest BCUT2D eigenvalue weighted by Crippen LogP contribution is 2.44. The molecule has 19 heavy (non-hydrogen) atoms. The van der Waals surface area contributed by atoms with E-state index in [9.17, 15) is 4.79 Å². The van der Waals surface area contributed by atoms with Crippen molar-refractivity contribution < 1.29 is 19.0 Å². The molecule has 1 aromatic rings. The van der Waals surface area contributed by atoms with E-state index in [-0.39, 0.29) is 5.69 Å². The topological polar surface area (TPSA) is 57.7 Å². The molecule has 5 heteroatoms. The van der Waals surface area contributed by atoms with Crippen LogP contribution in [0.1, 0.15) is 50.0 Å². The molecule has 0 aromatic carbocycles. The number of aromatic nitrogens is 1. The predicted octanol–water partition coefficient (Wildman–Crippen LogP) is 2.47. The molecule has 0 radical (unpaired) electrons. The van der Waals surface area contributed by atoms with E-state index in [0.29, 0.717) is 0 Å². The average Bonchev–Trinajstić information content (AvgIpc) is 2.58. The van der Waals surface area contributed by atoms with E-state index in [1.165, 1.54) is 7.11 Å². The Bertz CT molecular complexity index is 463. The third-order valence-electron chi connectivity index (χ3n) is 3.71. The molecular weight excluding hydrogens is 246 g/mol. The number of nitrogens with zero attached hydrogens (tertiary/aromatic N) is 1. The zero-order valence-electron chi connectivity index (χ0n) is 11.9. The summed E-state index contributed by atoms with van der Waals surface area (Å²) in [7, 11) is 1.33. The van der Waals surface area contributed by atoms with Gasteiger partial charge in [0.25, 0.3) is 0 Å². The average molecular weight is 265 g/mol. The van der Waals surface area contributed by atoms with Crippen molar-refractivity contribution >= 4 is 5.97 Å². The number of carbonyl (C=O) groups excluding carboxylic acids is 1. The molecule has 1 aliphatic rings. The molecular formula is C14H19NO4. The molecule has 0 aliphatic carbocycles. The van der Waals surface area contributed by atoms with Crippen molar-refractivity contribution in [3.8, 4) is 0 Å². The zero-order chi connectivity index (χ0) is 14.3. The van der Waals surface area contributed by atoms with Gasteiger partial charge >= 0.3 is 5.97 Å². The fourth-order valence-electron chi connectivity index (χ4n) is 1.75. The van der Waals surface area contributed by atoms with Crippen molar-refractivity contribution in [2.45, 2.75) is 45.2 Å². The second kappa shape index (κ2) is 4.58. The van der Waals surface area contributed by atoms with Gasteiger partial charge in [-0.3, -0.25) is 0 Å². The minimum absolute atomic E-state index is 0.266. The summed E-state index contributed by atoms with van der Waals surface area (Å²) in [5.41, 5.74) is 0.270. The van der Waals surface area contributed by atoms with Crippen LogP contribution in [0, 0.1) is 0 Å². The van der Waals surface area contributed by atoms with Crippen LogP contribution in [0.25, 0.3) is 0 Å². The number of carbonyl (C=O) groups is 1.